The zero-order valence-corrected chi connectivity index (χ0v) is 13.9. The van der Waals surface area contributed by atoms with Gasteiger partial charge in [-0.2, -0.15) is 26.3 Å². The van der Waals surface area contributed by atoms with Gasteiger partial charge in [0.05, 0.1) is 0 Å². The Hall–Kier alpha value is -0.243. The van der Waals surface area contributed by atoms with E-state index in [1.54, 1.807) is 0 Å². The summed E-state index contributed by atoms with van der Waals surface area (Å²) in [6.45, 7) is 6.57. The summed E-state index contributed by atoms with van der Waals surface area (Å²) in [6, 6.07) is 0. The third-order valence-corrected chi connectivity index (χ3v) is 8.54. The van der Waals surface area contributed by atoms with Crippen LogP contribution in [0.3, 0.4) is 0 Å². The van der Waals surface area contributed by atoms with Crippen molar-refractivity contribution in [3.8, 4) is 0 Å². The van der Waals surface area contributed by atoms with Crippen LogP contribution >= 0.6 is 0 Å². The highest BCUT2D eigenvalue weighted by molar-refractivity contribution is 6.77. The maximum absolute atomic E-state index is 12.8. The Morgan fingerprint density at radius 2 is 1.36 bits per heavy atom. The normalized spacial score (nSPS) is 33.5. The Bertz CT molecular complexity index is 411. The van der Waals surface area contributed by atoms with Crippen molar-refractivity contribution in [2.75, 3.05) is 0 Å². The molecule has 0 aromatic rings. The molecule has 2 saturated carbocycles. The summed E-state index contributed by atoms with van der Waals surface area (Å²) < 4.78 is 76.8. The molecule has 1 N–H and O–H groups in total. The minimum atomic E-state index is -5.69. The van der Waals surface area contributed by atoms with Crippen molar-refractivity contribution in [3.63, 3.8) is 0 Å². The summed E-state index contributed by atoms with van der Waals surface area (Å²) in [5.41, 5.74) is -4.11. The van der Waals surface area contributed by atoms with E-state index in [0.29, 0.717) is 18.4 Å². The Morgan fingerprint density at radius 1 is 0.864 bits per heavy atom. The molecule has 0 aromatic carbocycles. The smallest absolute Gasteiger partial charge is 0.374 e. The van der Waals surface area contributed by atoms with Gasteiger partial charge in [0, 0.05) is 8.07 Å². The molecule has 0 heterocycles. The van der Waals surface area contributed by atoms with E-state index < -0.39 is 38.4 Å². The topological polar surface area (TPSA) is 20.2 Å². The second-order valence-corrected chi connectivity index (χ2v) is 13.5. The largest absolute Gasteiger partial charge is 0.426 e. The third-order valence-electron chi connectivity index (χ3n) is 5.61. The van der Waals surface area contributed by atoms with E-state index in [1.165, 1.54) is 0 Å². The average molecular weight is 348 g/mol. The van der Waals surface area contributed by atoms with E-state index in [9.17, 15) is 31.4 Å². The second-order valence-electron chi connectivity index (χ2n) is 8.02. The van der Waals surface area contributed by atoms with E-state index in [4.69, 9.17) is 0 Å². The predicted molar refractivity (Wildman–Crippen MR) is 73.1 cm³/mol. The van der Waals surface area contributed by atoms with Crippen molar-refractivity contribution in [3.05, 3.63) is 0 Å². The minimum Gasteiger partial charge on any atom is -0.374 e. The molecule has 0 radical (unpaired) electrons. The molecule has 4 unspecified atom stereocenters. The molecule has 1 nitrogen and oxygen atoms in total. The highest BCUT2D eigenvalue weighted by Crippen LogP contribution is 2.61. The molecule has 2 fully saturated rings. The molecule has 0 amide bonds. The molecular formula is C14H22F6OSi. The number of halogens is 6. The molecular weight excluding hydrogens is 326 g/mol. The zero-order chi connectivity index (χ0) is 17.1. The van der Waals surface area contributed by atoms with Crippen molar-refractivity contribution in [2.45, 2.75) is 68.8 Å². The van der Waals surface area contributed by atoms with Crippen LogP contribution in [0.1, 0.15) is 25.7 Å². The molecule has 130 valence electrons. The molecule has 2 bridgehead atoms. The van der Waals surface area contributed by atoms with Crippen molar-refractivity contribution in [1.82, 2.24) is 0 Å². The number of hydrogen-bond donors (Lipinski definition) is 1. The van der Waals surface area contributed by atoms with Gasteiger partial charge >= 0.3 is 12.4 Å². The summed E-state index contributed by atoms with van der Waals surface area (Å²) >= 11 is 0. The Balaban J connectivity index is 2.13. The van der Waals surface area contributed by atoms with Gasteiger partial charge in [-0.25, -0.2) is 0 Å². The molecule has 2 rings (SSSR count). The number of hydrogen-bond acceptors (Lipinski definition) is 1. The molecule has 4 atom stereocenters. The first-order valence-electron chi connectivity index (χ1n) is 7.52. The van der Waals surface area contributed by atoms with Gasteiger partial charge in [-0.15, -0.1) is 0 Å². The van der Waals surface area contributed by atoms with Gasteiger partial charge in [0.15, 0.2) is 0 Å². The summed E-state index contributed by atoms with van der Waals surface area (Å²) in [5.74, 6) is -0.573. The maximum atomic E-state index is 12.8. The Morgan fingerprint density at radius 3 is 1.68 bits per heavy atom. The van der Waals surface area contributed by atoms with Crippen LogP contribution in [-0.4, -0.2) is 31.1 Å². The van der Waals surface area contributed by atoms with Crippen LogP contribution in [0.5, 0.6) is 0 Å². The lowest BCUT2D eigenvalue weighted by Crippen LogP contribution is -2.58. The van der Waals surface area contributed by atoms with E-state index >= 15 is 0 Å². The van der Waals surface area contributed by atoms with Gasteiger partial charge in [-0.3, -0.25) is 0 Å². The van der Waals surface area contributed by atoms with Crippen LogP contribution in [0.25, 0.3) is 0 Å². The van der Waals surface area contributed by atoms with Gasteiger partial charge in [0.1, 0.15) is 0 Å². The van der Waals surface area contributed by atoms with Crippen LogP contribution < -0.4 is 0 Å². The molecule has 0 saturated heterocycles. The third kappa shape index (κ3) is 2.92. The minimum absolute atomic E-state index is 0.113. The second kappa shape index (κ2) is 5.13. The van der Waals surface area contributed by atoms with Crippen LogP contribution in [-0.2, 0) is 0 Å². The summed E-state index contributed by atoms with van der Waals surface area (Å²) in [7, 11) is -1.45. The predicted octanol–water partition coefficient (Wildman–Crippen LogP) is 4.99. The van der Waals surface area contributed by atoms with Gasteiger partial charge < -0.3 is 5.11 Å². The SMILES string of the molecule is C[Si](C)(C)C1CC2CC1CC2CC(O)(C(F)(F)F)C(F)(F)F. The zero-order valence-electron chi connectivity index (χ0n) is 12.9. The standard InChI is InChI=1S/C14H22F6OSi/c1-22(2,3)11-6-8-4-9(11)5-10(8)7-12(21,13(15,16)17)14(18,19)20/h8-11,21H,4-7H2,1-3H3. The fraction of sp³-hybridized carbons (Fsp3) is 1.00. The number of alkyl halides is 6. The number of fused-ring (bicyclic) bond motifs is 2. The lowest BCUT2D eigenvalue weighted by Gasteiger charge is -2.39. The molecule has 2 aliphatic carbocycles. The summed E-state index contributed by atoms with van der Waals surface area (Å²) in [5, 5.41) is 9.36. The van der Waals surface area contributed by atoms with Gasteiger partial charge in [-0.1, -0.05) is 19.6 Å². The number of rotatable bonds is 3. The Kier molecular flexibility index (Phi) is 4.22. The highest BCUT2D eigenvalue weighted by atomic mass is 28.3. The first-order chi connectivity index (χ1) is 9.67. The fourth-order valence-electron chi connectivity index (χ4n) is 4.48. The van der Waals surface area contributed by atoms with Crippen LogP contribution in [0.15, 0.2) is 0 Å². The quantitative estimate of drug-likeness (QED) is 0.563. The summed E-state index contributed by atoms with van der Waals surface area (Å²) in [6.07, 6.45) is -10.8. The fourth-order valence-corrected chi connectivity index (χ4v) is 7.17. The van der Waals surface area contributed by atoms with Crippen LogP contribution in [0, 0.1) is 17.8 Å². The van der Waals surface area contributed by atoms with E-state index in [-0.39, 0.29) is 11.8 Å². The first-order valence-corrected chi connectivity index (χ1v) is 11.1. The lowest BCUT2D eigenvalue weighted by atomic mass is 9.79. The van der Waals surface area contributed by atoms with Gasteiger partial charge in [0.2, 0.25) is 0 Å². The van der Waals surface area contributed by atoms with Crippen LogP contribution in [0.4, 0.5) is 26.3 Å². The van der Waals surface area contributed by atoms with E-state index in [1.807, 2.05) is 0 Å². The molecule has 2 aliphatic rings. The van der Waals surface area contributed by atoms with Crippen molar-refractivity contribution in [2.24, 2.45) is 17.8 Å². The summed E-state index contributed by atoms with van der Waals surface area (Å²) in [4.78, 5) is 0. The maximum Gasteiger partial charge on any atom is 0.426 e. The van der Waals surface area contributed by atoms with E-state index in [2.05, 4.69) is 19.6 Å². The molecule has 22 heavy (non-hydrogen) atoms. The van der Waals surface area contributed by atoms with Crippen LogP contribution in [0.2, 0.25) is 25.2 Å². The van der Waals surface area contributed by atoms with Crippen molar-refractivity contribution >= 4 is 8.07 Å². The highest BCUT2D eigenvalue weighted by Gasteiger charge is 2.71. The molecule has 0 aliphatic heterocycles. The van der Waals surface area contributed by atoms with Crippen molar-refractivity contribution in [1.29, 1.82) is 0 Å². The first kappa shape index (κ1) is 18.1. The monoisotopic (exact) mass is 348 g/mol. The van der Waals surface area contributed by atoms with Gasteiger partial charge in [0.25, 0.3) is 5.60 Å². The average Bonchev–Trinajstić information content (AvgIpc) is 2.83. The van der Waals surface area contributed by atoms with Gasteiger partial charge in [-0.05, 0) is 49.0 Å². The molecule has 8 heteroatoms. The molecule has 0 spiro atoms. The Labute approximate surface area is 127 Å². The lowest BCUT2D eigenvalue weighted by molar-refractivity contribution is -0.373. The van der Waals surface area contributed by atoms with E-state index in [0.717, 1.165) is 6.42 Å². The molecule has 0 aromatic heterocycles. The number of aliphatic hydroxyl groups is 1. The van der Waals surface area contributed by atoms with Crippen molar-refractivity contribution < 1.29 is 31.4 Å².